The lowest BCUT2D eigenvalue weighted by atomic mass is 9.87. The van der Waals surface area contributed by atoms with Crippen LogP contribution in [0.1, 0.15) is 23.0 Å². The Morgan fingerprint density at radius 2 is 1.91 bits per heavy atom. The Bertz CT molecular complexity index is 1600. The SMILES string of the molecule is N#CC1=C(N)n2c(s/c(=C\c3ccco3)c2=O)=C(C(=O)NCc2ccccc2)C1c1ccco1. The average molecular weight is 471 g/mol. The lowest BCUT2D eigenvalue weighted by Crippen LogP contribution is -2.41. The molecule has 168 valence electrons. The number of fused-ring (bicyclic) bond motifs is 1. The van der Waals surface area contributed by atoms with E-state index in [-0.39, 0.29) is 23.5 Å². The number of allylic oxidation sites excluding steroid dienone is 1. The largest absolute Gasteiger partial charge is 0.468 e. The first-order chi connectivity index (χ1) is 16.6. The molecular weight excluding hydrogens is 452 g/mol. The van der Waals surface area contributed by atoms with Crippen molar-refractivity contribution in [3.8, 4) is 6.07 Å². The molecule has 1 aliphatic rings. The standard InChI is InChI=1S/C25H18N4O4S/c26-13-17-20(18-9-5-11-33-18)21(23(30)28-14-15-6-2-1-3-7-15)25-29(22(17)27)24(31)19(34-25)12-16-8-4-10-32-16/h1-12,20H,14,27H2,(H,28,30)/b19-12-. The summed E-state index contributed by atoms with van der Waals surface area (Å²) in [5.41, 5.74) is 7.07. The highest BCUT2D eigenvalue weighted by atomic mass is 32.1. The number of nitrogens with zero attached hydrogens (tertiary/aromatic N) is 2. The molecule has 1 aliphatic heterocycles. The monoisotopic (exact) mass is 470 g/mol. The minimum Gasteiger partial charge on any atom is -0.468 e. The third kappa shape index (κ3) is 3.66. The molecule has 0 radical (unpaired) electrons. The number of nitrogens with two attached hydrogens (primary N) is 1. The number of carbonyl (C=O) groups excluding carboxylic acids is 1. The van der Waals surface area contributed by atoms with Gasteiger partial charge in [0.25, 0.3) is 11.5 Å². The number of hydrogen-bond acceptors (Lipinski definition) is 7. The van der Waals surface area contributed by atoms with Crippen LogP contribution in [0.5, 0.6) is 0 Å². The molecule has 0 aliphatic carbocycles. The normalized spacial score (nSPS) is 15.8. The van der Waals surface area contributed by atoms with Gasteiger partial charge in [-0.2, -0.15) is 5.26 Å². The second-order valence-electron chi connectivity index (χ2n) is 7.51. The summed E-state index contributed by atoms with van der Waals surface area (Å²) in [7, 11) is 0. The molecule has 0 saturated carbocycles. The Hall–Kier alpha value is -4.55. The maximum Gasteiger partial charge on any atom is 0.274 e. The molecule has 4 aromatic rings. The molecule has 3 N–H and O–H groups in total. The minimum absolute atomic E-state index is 0.0288. The van der Waals surface area contributed by atoms with E-state index in [9.17, 15) is 14.9 Å². The van der Waals surface area contributed by atoms with Crippen molar-refractivity contribution in [2.45, 2.75) is 12.5 Å². The number of amides is 1. The van der Waals surface area contributed by atoms with Gasteiger partial charge in [-0.05, 0) is 29.8 Å². The summed E-state index contributed by atoms with van der Waals surface area (Å²) in [6.45, 7) is 0.274. The molecule has 4 heterocycles. The molecule has 1 aromatic carbocycles. The molecule has 3 aromatic heterocycles. The highest BCUT2D eigenvalue weighted by Gasteiger charge is 2.37. The van der Waals surface area contributed by atoms with E-state index in [0.29, 0.717) is 20.7 Å². The van der Waals surface area contributed by atoms with Crippen molar-refractivity contribution in [3.63, 3.8) is 0 Å². The first kappa shape index (κ1) is 21.3. The maximum absolute atomic E-state index is 13.5. The third-order valence-electron chi connectivity index (χ3n) is 5.45. The molecule has 9 heteroatoms. The highest BCUT2D eigenvalue weighted by Crippen LogP contribution is 2.36. The number of hydrogen-bond donors (Lipinski definition) is 2. The molecule has 0 spiro atoms. The molecule has 0 saturated heterocycles. The number of carbonyl (C=O) groups is 1. The quantitative estimate of drug-likeness (QED) is 0.458. The number of furan rings is 2. The summed E-state index contributed by atoms with van der Waals surface area (Å²) in [6.07, 6.45) is 4.55. The topological polar surface area (TPSA) is 127 Å². The molecule has 1 atom stereocenters. The number of rotatable bonds is 5. The maximum atomic E-state index is 13.5. The smallest absolute Gasteiger partial charge is 0.274 e. The van der Waals surface area contributed by atoms with Crippen LogP contribution in [0.25, 0.3) is 17.5 Å². The summed E-state index contributed by atoms with van der Waals surface area (Å²) >= 11 is 1.11. The Balaban J connectivity index is 1.73. The third-order valence-corrected chi connectivity index (χ3v) is 6.56. The summed E-state index contributed by atoms with van der Waals surface area (Å²) in [4.78, 5) is 26.8. The fourth-order valence-electron chi connectivity index (χ4n) is 3.88. The van der Waals surface area contributed by atoms with Gasteiger partial charge in [-0.3, -0.25) is 14.2 Å². The van der Waals surface area contributed by atoms with Crippen molar-refractivity contribution in [1.29, 1.82) is 5.26 Å². The van der Waals surface area contributed by atoms with E-state index in [2.05, 4.69) is 11.4 Å². The molecular formula is C25H18N4O4S. The summed E-state index contributed by atoms with van der Waals surface area (Å²) < 4.78 is 12.8. The molecule has 5 rings (SSSR count). The van der Waals surface area contributed by atoms with Crippen molar-refractivity contribution in [2.24, 2.45) is 5.73 Å². The summed E-state index contributed by atoms with van der Waals surface area (Å²) in [5, 5.41) is 12.9. The van der Waals surface area contributed by atoms with E-state index >= 15 is 0 Å². The van der Waals surface area contributed by atoms with Crippen LogP contribution in [0.15, 0.2) is 86.3 Å². The van der Waals surface area contributed by atoms with Crippen molar-refractivity contribution in [2.75, 3.05) is 0 Å². The van der Waals surface area contributed by atoms with Gasteiger partial charge in [-0.25, -0.2) is 0 Å². The zero-order valence-electron chi connectivity index (χ0n) is 17.7. The molecule has 1 amide bonds. The van der Waals surface area contributed by atoms with Crippen molar-refractivity contribution < 1.29 is 13.6 Å². The van der Waals surface area contributed by atoms with E-state index < -0.39 is 17.4 Å². The van der Waals surface area contributed by atoms with Gasteiger partial charge in [0, 0.05) is 12.6 Å². The fraction of sp³-hybridized carbons (Fsp3) is 0.0800. The predicted molar refractivity (Wildman–Crippen MR) is 126 cm³/mol. The van der Waals surface area contributed by atoms with Gasteiger partial charge < -0.3 is 19.9 Å². The van der Waals surface area contributed by atoms with Crippen LogP contribution in [0, 0.1) is 11.3 Å². The van der Waals surface area contributed by atoms with E-state index in [1.54, 1.807) is 30.3 Å². The van der Waals surface area contributed by atoms with Gasteiger partial charge >= 0.3 is 0 Å². The fourth-order valence-corrected chi connectivity index (χ4v) is 5.04. The van der Waals surface area contributed by atoms with Crippen LogP contribution in [0.4, 0.5) is 0 Å². The van der Waals surface area contributed by atoms with Crippen molar-refractivity contribution >= 4 is 34.7 Å². The molecule has 34 heavy (non-hydrogen) atoms. The van der Waals surface area contributed by atoms with E-state index in [1.165, 1.54) is 17.1 Å². The Morgan fingerprint density at radius 1 is 1.15 bits per heavy atom. The average Bonchev–Trinajstić information content (AvgIpc) is 3.61. The summed E-state index contributed by atoms with van der Waals surface area (Å²) in [5.74, 6) is -0.445. The van der Waals surface area contributed by atoms with Gasteiger partial charge in [0.05, 0.1) is 40.2 Å². The van der Waals surface area contributed by atoms with Gasteiger partial charge in [0.1, 0.15) is 22.0 Å². The molecule has 0 fully saturated rings. The van der Waals surface area contributed by atoms with Crippen LogP contribution in [-0.4, -0.2) is 10.5 Å². The number of thiazole rings is 1. The predicted octanol–water partition coefficient (Wildman–Crippen LogP) is 1.84. The second kappa shape index (κ2) is 8.77. The number of aromatic nitrogens is 1. The Morgan fingerprint density at radius 3 is 2.59 bits per heavy atom. The highest BCUT2D eigenvalue weighted by molar-refractivity contribution is 7.07. The van der Waals surface area contributed by atoms with Gasteiger partial charge in [0.2, 0.25) is 0 Å². The Labute approximate surface area is 197 Å². The molecule has 1 unspecified atom stereocenters. The van der Waals surface area contributed by atoms with Crippen LogP contribution in [0.2, 0.25) is 0 Å². The zero-order chi connectivity index (χ0) is 23.7. The lowest BCUT2D eigenvalue weighted by molar-refractivity contribution is -0.116. The van der Waals surface area contributed by atoms with Crippen LogP contribution in [-0.2, 0) is 11.3 Å². The lowest BCUT2D eigenvalue weighted by Gasteiger charge is -2.23. The minimum atomic E-state index is -0.856. The first-order valence-electron chi connectivity index (χ1n) is 10.4. The number of nitriles is 1. The zero-order valence-corrected chi connectivity index (χ0v) is 18.5. The Kier molecular flexibility index (Phi) is 5.49. The second-order valence-corrected chi connectivity index (χ2v) is 8.54. The van der Waals surface area contributed by atoms with Gasteiger partial charge in [-0.1, -0.05) is 30.3 Å². The van der Waals surface area contributed by atoms with Crippen LogP contribution < -0.4 is 25.8 Å². The molecule has 0 bridgehead atoms. The summed E-state index contributed by atoms with van der Waals surface area (Å²) in [6, 6.07) is 18.3. The first-order valence-corrected chi connectivity index (χ1v) is 11.2. The number of benzene rings is 1. The van der Waals surface area contributed by atoms with Crippen LogP contribution >= 0.6 is 11.3 Å². The van der Waals surface area contributed by atoms with Gasteiger partial charge in [0.15, 0.2) is 0 Å². The number of nitrogens with one attached hydrogen (secondary N) is 1. The van der Waals surface area contributed by atoms with Gasteiger partial charge in [-0.15, -0.1) is 11.3 Å². The van der Waals surface area contributed by atoms with Crippen molar-refractivity contribution in [1.82, 2.24) is 9.88 Å². The van der Waals surface area contributed by atoms with E-state index in [1.807, 2.05) is 30.3 Å². The molecule has 8 nitrogen and oxygen atoms in total. The van der Waals surface area contributed by atoms with Crippen molar-refractivity contribution in [3.05, 3.63) is 109 Å². The van der Waals surface area contributed by atoms with E-state index in [0.717, 1.165) is 16.9 Å². The van der Waals surface area contributed by atoms with E-state index in [4.69, 9.17) is 14.6 Å². The van der Waals surface area contributed by atoms with Crippen LogP contribution in [0.3, 0.4) is 0 Å².